The fourth-order valence-electron chi connectivity index (χ4n) is 1.12. The molecule has 2 N–H and O–H groups in total. The van der Waals surface area contributed by atoms with Crippen LogP contribution < -0.4 is 5.73 Å². The van der Waals surface area contributed by atoms with Gasteiger partial charge in [0.25, 0.3) is 0 Å². The lowest BCUT2D eigenvalue weighted by Gasteiger charge is -2.22. The minimum Gasteiger partial charge on any atom is -0.368 e. The van der Waals surface area contributed by atoms with Gasteiger partial charge >= 0.3 is 0 Å². The zero-order valence-electron chi connectivity index (χ0n) is 8.62. The molecule has 0 fully saturated rings. The molecule has 82 valence electrons. The van der Waals surface area contributed by atoms with Crippen molar-refractivity contribution < 1.29 is 9.59 Å². The van der Waals surface area contributed by atoms with Crippen molar-refractivity contribution in [1.82, 2.24) is 4.90 Å². The highest BCUT2D eigenvalue weighted by atomic mass is 79.9. The van der Waals surface area contributed by atoms with Gasteiger partial charge in [-0.1, -0.05) is 29.8 Å². The number of carbonyl (C=O) groups is 2. The van der Waals surface area contributed by atoms with Gasteiger partial charge in [0.1, 0.15) is 0 Å². The van der Waals surface area contributed by atoms with Gasteiger partial charge < -0.3 is 10.6 Å². The number of carbonyl (C=O) groups excluding carboxylic acids is 2. The molecule has 0 saturated heterocycles. The molecule has 0 saturated carbocycles. The third kappa shape index (κ3) is 5.96. The van der Waals surface area contributed by atoms with E-state index in [0.717, 1.165) is 0 Å². The highest BCUT2D eigenvalue weighted by Crippen LogP contribution is 2.02. The van der Waals surface area contributed by atoms with Crippen molar-refractivity contribution in [3.63, 3.8) is 0 Å². The summed E-state index contributed by atoms with van der Waals surface area (Å²) in [6, 6.07) is 0. The SMILES string of the molecule is CC(C)CN(CC(N)=O)C(=O)CCBr. The van der Waals surface area contributed by atoms with Crippen molar-refractivity contribution in [2.45, 2.75) is 20.3 Å². The molecule has 0 aromatic rings. The highest BCUT2D eigenvalue weighted by molar-refractivity contribution is 9.09. The van der Waals surface area contributed by atoms with Crippen molar-refractivity contribution in [3.05, 3.63) is 0 Å². The summed E-state index contributed by atoms with van der Waals surface area (Å²) in [5.74, 6) is -0.156. The number of halogens is 1. The van der Waals surface area contributed by atoms with Gasteiger partial charge in [-0.2, -0.15) is 0 Å². The van der Waals surface area contributed by atoms with E-state index in [4.69, 9.17) is 5.73 Å². The van der Waals surface area contributed by atoms with Gasteiger partial charge in [0.05, 0.1) is 6.54 Å². The van der Waals surface area contributed by atoms with Crippen LogP contribution in [0, 0.1) is 5.92 Å². The van der Waals surface area contributed by atoms with Crippen molar-refractivity contribution in [2.24, 2.45) is 11.7 Å². The Morgan fingerprint density at radius 1 is 1.43 bits per heavy atom. The van der Waals surface area contributed by atoms with Gasteiger partial charge in [-0.25, -0.2) is 0 Å². The van der Waals surface area contributed by atoms with Gasteiger partial charge in [-0.3, -0.25) is 9.59 Å². The number of hydrogen-bond acceptors (Lipinski definition) is 2. The molecule has 0 aliphatic heterocycles. The molecule has 5 heteroatoms. The highest BCUT2D eigenvalue weighted by Gasteiger charge is 2.15. The third-order valence-electron chi connectivity index (χ3n) is 1.59. The number of hydrogen-bond donors (Lipinski definition) is 1. The smallest absolute Gasteiger partial charge is 0.237 e. The molecule has 0 aliphatic rings. The van der Waals surface area contributed by atoms with E-state index in [-0.39, 0.29) is 12.5 Å². The maximum absolute atomic E-state index is 11.5. The van der Waals surface area contributed by atoms with Crippen LogP contribution in [-0.2, 0) is 9.59 Å². The van der Waals surface area contributed by atoms with Gasteiger partial charge in [0, 0.05) is 18.3 Å². The molecule has 0 unspecified atom stereocenters. The normalized spacial score (nSPS) is 10.3. The van der Waals surface area contributed by atoms with E-state index in [1.54, 1.807) is 0 Å². The summed E-state index contributed by atoms with van der Waals surface area (Å²) in [7, 11) is 0. The lowest BCUT2D eigenvalue weighted by atomic mass is 10.2. The summed E-state index contributed by atoms with van der Waals surface area (Å²) in [5, 5.41) is 0.610. The maximum Gasteiger partial charge on any atom is 0.237 e. The Hall–Kier alpha value is -0.580. The maximum atomic E-state index is 11.5. The second-order valence-corrected chi connectivity index (χ2v) is 4.37. The van der Waals surface area contributed by atoms with Gasteiger partial charge in [-0.15, -0.1) is 0 Å². The first-order chi connectivity index (χ1) is 6.47. The summed E-state index contributed by atoms with van der Waals surface area (Å²) in [4.78, 5) is 23.7. The number of primary amides is 1. The Kier molecular flexibility index (Phi) is 6.53. The molecule has 0 heterocycles. The predicted octanol–water partition coefficient (Wildman–Crippen LogP) is 0.741. The van der Waals surface area contributed by atoms with Gasteiger partial charge in [0.15, 0.2) is 0 Å². The van der Waals surface area contributed by atoms with Crippen LogP contribution in [0.5, 0.6) is 0 Å². The topological polar surface area (TPSA) is 63.4 Å². The average molecular weight is 265 g/mol. The lowest BCUT2D eigenvalue weighted by molar-refractivity contribution is -0.135. The first-order valence-corrected chi connectivity index (χ1v) is 5.71. The quantitative estimate of drug-likeness (QED) is 0.720. The van der Waals surface area contributed by atoms with E-state index in [1.165, 1.54) is 4.90 Å². The summed E-state index contributed by atoms with van der Waals surface area (Å²) in [5.41, 5.74) is 5.06. The Balaban J connectivity index is 4.22. The van der Waals surface area contributed by atoms with E-state index in [9.17, 15) is 9.59 Å². The number of nitrogens with two attached hydrogens (primary N) is 1. The molecule has 0 bridgehead atoms. The summed E-state index contributed by atoms with van der Waals surface area (Å²) in [6.07, 6.45) is 0.403. The standard InChI is InChI=1S/C9H17BrN2O2/c1-7(2)5-12(6-8(11)13)9(14)3-4-10/h7H,3-6H2,1-2H3,(H2,11,13). The van der Waals surface area contributed by atoms with Crippen LogP contribution in [0.4, 0.5) is 0 Å². The Labute approximate surface area is 92.9 Å². The van der Waals surface area contributed by atoms with Crippen LogP contribution in [0.15, 0.2) is 0 Å². The monoisotopic (exact) mass is 264 g/mol. The van der Waals surface area contributed by atoms with Crippen molar-refractivity contribution in [1.29, 1.82) is 0 Å². The fraction of sp³-hybridized carbons (Fsp3) is 0.778. The second kappa shape index (κ2) is 6.81. The zero-order valence-corrected chi connectivity index (χ0v) is 10.2. The fourth-order valence-corrected chi connectivity index (χ4v) is 1.46. The van der Waals surface area contributed by atoms with E-state index >= 15 is 0 Å². The van der Waals surface area contributed by atoms with Crippen molar-refractivity contribution in [3.8, 4) is 0 Å². The molecular weight excluding hydrogens is 248 g/mol. The summed E-state index contributed by atoms with van der Waals surface area (Å²) < 4.78 is 0. The molecular formula is C9H17BrN2O2. The number of alkyl halides is 1. The van der Waals surface area contributed by atoms with E-state index in [2.05, 4.69) is 15.9 Å². The predicted molar refractivity (Wildman–Crippen MR) is 59.0 cm³/mol. The average Bonchev–Trinajstić information content (AvgIpc) is 2.01. The minimum absolute atomic E-state index is 0.0179. The third-order valence-corrected chi connectivity index (χ3v) is 1.99. The van der Waals surface area contributed by atoms with Crippen LogP contribution in [-0.4, -0.2) is 35.1 Å². The van der Waals surface area contributed by atoms with Crippen LogP contribution >= 0.6 is 15.9 Å². The van der Waals surface area contributed by atoms with Crippen molar-refractivity contribution >= 4 is 27.7 Å². The minimum atomic E-state index is -0.464. The Morgan fingerprint density at radius 3 is 2.36 bits per heavy atom. The largest absolute Gasteiger partial charge is 0.368 e. The van der Waals surface area contributed by atoms with Gasteiger partial charge in [0.2, 0.25) is 11.8 Å². The summed E-state index contributed by atoms with van der Waals surface area (Å²) in [6.45, 7) is 4.59. The molecule has 0 aromatic heterocycles. The van der Waals surface area contributed by atoms with Crippen LogP contribution in [0.2, 0.25) is 0 Å². The molecule has 0 radical (unpaired) electrons. The number of rotatable bonds is 6. The number of amides is 2. The zero-order chi connectivity index (χ0) is 11.1. The number of nitrogens with zero attached hydrogens (tertiary/aromatic N) is 1. The molecule has 0 rings (SSSR count). The molecule has 0 atom stereocenters. The molecule has 0 aromatic carbocycles. The van der Waals surface area contributed by atoms with E-state index in [0.29, 0.717) is 24.2 Å². The van der Waals surface area contributed by atoms with Crippen LogP contribution in [0.1, 0.15) is 20.3 Å². The van der Waals surface area contributed by atoms with E-state index < -0.39 is 5.91 Å². The molecule has 2 amide bonds. The van der Waals surface area contributed by atoms with Crippen LogP contribution in [0.3, 0.4) is 0 Å². The first kappa shape index (κ1) is 13.4. The molecule has 0 aliphatic carbocycles. The summed E-state index contributed by atoms with van der Waals surface area (Å²) >= 11 is 3.19. The molecule has 0 spiro atoms. The lowest BCUT2D eigenvalue weighted by Crippen LogP contribution is -2.40. The van der Waals surface area contributed by atoms with E-state index in [1.807, 2.05) is 13.8 Å². The molecule has 4 nitrogen and oxygen atoms in total. The first-order valence-electron chi connectivity index (χ1n) is 4.59. The Bertz CT molecular complexity index is 207. The van der Waals surface area contributed by atoms with Crippen LogP contribution in [0.25, 0.3) is 0 Å². The second-order valence-electron chi connectivity index (χ2n) is 3.57. The Morgan fingerprint density at radius 2 is 2.00 bits per heavy atom. The van der Waals surface area contributed by atoms with Gasteiger partial charge in [-0.05, 0) is 5.92 Å². The van der Waals surface area contributed by atoms with Crippen molar-refractivity contribution in [2.75, 3.05) is 18.4 Å². The molecule has 14 heavy (non-hydrogen) atoms.